The molecule has 0 aromatic rings. The number of ether oxygens (including phenoxy) is 7. The first-order valence-electron chi connectivity index (χ1n) is 13.5. The van der Waals surface area contributed by atoms with E-state index >= 15 is 0 Å². The number of epoxide rings is 1. The van der Waals surface area contributed by atoms with Crippen LogP contribution in [0.5, 0.6) is 0 Å². The summed E-state index contributed by atoms with van der Waals surface area (Å²) < 4.78 is 42.6. The lowest BCUT2D eigenvalue weighted by molar-refractivity contribution is -0.219. The lowest BCUT2D eigenvalue weighted by Gasteiger charge is -2.51. The van der Waals surface area contributed by atoms with Gasteiger partial charge in [0, 0.05) is 19.4 Å². The molecule has 5 aliphatic heterocycles. The van der Waals surface area contributed by atoms with Gasteiger partial charge in [0.25, 0.3) is 0 Å². The number of hydrogen-bond acceptors (Lipinski definition) is 7. The Morgan fingerprint density at radius 2 is 1.79 bits per heavy atom. The summed E-state index contributed by atoms with van der Waals surface area (Å²) in [4.78, 5) is 0. The van der Waals surface area contributed by atoms with E-state index < -0.39 is 0 Å². The predicted octanol–water partition coefficient (Wildman–Crippen LogP) is 3.59. The molecular weight excluding hydrogens is 436 g/mol. The van der Waals surface area contributed by atoms with E-state index in [0.717, 1.165) is 45.3 Å². The maximum Gasteiger partial charge on any atom is 0.190 e. The first kappa shape index (κ1) is 22.6. The van der Waals surface area contributed by atoms with E-state index in [-0.39, 0.29) is 60.0 Å². The lowest BCUT2D eigenvalue weighted by Crippen LogP contribution is -2.47. The van der Waals surface area contributed by atoms with Crippen molar-refractivity contribution in [1.29, 1.82) is 0 Å². The molecule has 6 fully saturated rings. The Balaban J connectivity index is 1.06. The zero-order valence-electron chi connectivity index (χ0n) is 20.8. The van der Waals surface area contributed by atoms with Crippen molar-refractivity contribution in [1.82, 2.24) is 0 Å². The van der Waals surface area contributed by atoms with E-state index in [9.17, 15) is 0 Å². The van der Waals surface area contributed by atoms with Crippen LogP contribution >= 0.6 is 0 Å². The number of hydrogen-bond donors (Lipinski definition) is 0. The van der Waals surface area contributed by atoms with Gasteiger partial charge in [-0.1, -0.05) is 25.5 Å². The third-order valence-corrected chi connectivity index (χ3v) is 10.4. The second kappa shape index (κ2) is 8.23. The average molecular weight is 477 g/mol. The van der Waals surface area contributed by atoms with Gasteiger partial charge in [-0.15, -0.1) is 0 Å². The van der Waals surface area contributed by atoms with Gasteiger partial charge >= 0.3 is 0 Å². The fraction of sp³-hybridized carbons (Fsp3) is 0.926. The predicted molar refractivity (Wildman–Crippen MR) is 122 cm³/mol. The van der Waals surface area contributed by atoms with Crippen LogP contribution in [0.2, 0.25) is 0 Å². The highest BCUT2D eigenvalue weighted by molar-refractivity contribution is 5.24. The summed E-state index contributed by atoms with van der Waals surface area (Å²) in [6, 6.07) is 0. The SMILES string of the molecule is COC1CC(O[C@H]2CC[C@@]3(C)C(=CC[C@H]4OC[C@H]5OC[C@H]6OC[C@](C)(CC[C@@H]43)[C@H]65)C2)OC2OC12. The molecule has 2 aliphatic carbocycles. The molecule has 34 heavy (non-hydrogen) atoms. The summed E-state index contributed by atoms with van der Waals surface area (Å²) in [5.41, 5.74) is 1.93. The van der Waals surface area contributed by atoms with Gasteiger partial charge in [0.15, 0.2) is 12.6 Å². The molecule has 0 N–H and O–H groups in total. The van der Waals surface area contributed by atoms with Crippen LogP contribution in [0.15, 0.2) is 11.6 Å². The minimum Gasteiger partial charge on any atom is -0.378 e. The van der Waals surface area contributed by atoms with Crippen molar-refractivity contribution in [2.45, 2.75) is 108 Å². The standard InChI is InChI=1S/C27H40O7/c1-26-8-7-17-18(29-12-20-23(26)21(13-30-20)31-14-26)5-4-15-10-16(6-9-27(15,17)2)32-22-11-19(28-3)24-25(33-22)34-24/h4,16-25H,5-14H2,1-3H3/t16-,17-,18+,19?,20+,21+,22?,23-,24?,25?,26-,27-/m0/s1. The Morgan fingerprint density at radius 3 is 2.65 bits per heavy atom. The molecule has 7 rings (SSSR count). The molecule has 5 heterocycles. The van der Waals surface area contributed by atoms with Crippen LogP contribution in [0.4, 0.5) is 0 Å². The summed E-state index contributed by atoms with van der Waals surface area (Å²) in [6.45, 7) is 7.22. The van der Waals surface area contributed by atoms with Crippen LogP contribution in [-0.4, -0.2) is 76.1 Å². The Kier molecular flexibility index (Phi) is 5.48. The van der Waals surface area contributed by atoms with E-state index in [1.165, 1.54) is 12.8 Å². The third-order valence-electron chi connectivity index (χ3n) is 10.4. The van der Waals surface area contributed by atoms with Gasteiger partial charge in [-0.05, 0) is 55.3 Å². The van der Waals surface area contributed by atoms with E-state index in [0.29, 0.717) is 18.4 Å². The topological polar surface area (TPSA) is 67.9 Å². The van der Waals surface area contributed by atoms with Crippen LogP contribution in [0.1, 0.15) is 58.8 Å². The van der Waals surface area contributed by atoms with Crippen LogP contribution < -0.4 is 0 Å². The molecule has 0 amide bonds. The molecule has 4 unspecified atom stereocenters. The third kappa shape index (κ3) is 3.57. The Bertz CT molecular complexity index is 832. The lowest BCUT2D eigenvalue weighted by atomic mass is 9.57. The molecule has 0 bridgehead atoms. The smallest absolute Gasteiger partial charge is 0.190 e. The average Bonchev–Trinajstić information content (AvgIpc) is 3.35. The minimum atomic E-state index is -0.233. The van der Waals surface area contributed by atoms with E-state index in [1.54, 1.807) is 12.7 Å². The fourth-order valence-electron chi connectivity index (χ4n) is 8.33. The number of fused-ring (bicyclic) bond motifs is 4. The Hall–Kier alpha value is -0.540. The van der Waals surface area contributed by atoms with Crippen molar-refractivity contribution in [3.05, 3.63) is 11.6 Å². The van der Waals surface area contributed by atoms with Crippen LogP contribution in [0.25, 0.3) is 0 Å². The van der Waals surface area contributed by atoms with Crippen LogP contribution in [-0.2, 0) is 33.2 Å². The summed E-state index contributed by atoms with van der Waals surface area (Å²) in [6.07, 6.45) is 10.5. The molecule has 1 saturated carbocycles. The monoisotopic (exact) mass is 476 g/mol. The summed E-state index contributed by atoms with van der Waals surface area (Å²) >= 11 is 0. The first-order chi connectivity index (χ1) is 16.5. The van der Waals surface area contributed by atoms with Gasteiger partial charge in [0.1, 0.15) is 6.10 Å². The summed E-state index contributed by atoms with van der Waals surface area (Å²) in [5, 5.41) is 0. The zero-order chi connectivity index (χ0) is 23.1. The Morgan fingerprint density at radius 1 is 0.971 bits per heavy atom. The Labute approximate surface area is 202 Å². The summed E-state index contributed by atoms with van der Waals surface area (Å²) in [7, 11) is 1.75. The van der Waals surface area contributed by atoms with Gasteiger partial charge in [-0.3, -0.25) is 0 Å². The molecule has 5 saturated heterocycles. The molecule has 0 radical (unpaired) electrons. The highest BCUT2D eigenvalue weighted by atomic mass is 16.8. The van der Waals surface area contributed by atoms with E-state index in [1.807, 2.05) is 0 Å². The number of methoxy groups -OCH3 is 1. The van der Waals surface area contributed by atoms with Crippen LogP contribution in [0, 0.1) is 22.7 Å². The molecule has 7 aliphatic rings. The fourth-order valence-corrected chi connectivity index (χ4v) is 8.33. The van der Waals surface area contributed by atoms with Gasteiger partial charge in [0.05, 0.1) is 50.3 Å². The molecule has 7 heteroatoms. The van der Waals surface area contributed by atoms with Crippen molar-refractivity contribution >= 4 is 0 Å². The molecule has 12 atom stereocenters. The van der Waals surface area contributed by atoms with E-state index in [2.05, 4.69) is 19.9 Å². The molecule has 0 aromatic carbocycles. The van der Waals surface area contributed by atoms with Gasteiger partial charge in [-0.2, -0.15) is 0 Å². The van der Waals surface area contributed by atoms with Crippen molar-refractivity contribution in [3.63, 3.8) is 0 Å². The van der Waals surface area contributed by atoms with Gasteiger partial charge in [0.2, 0.25) is 0 Å². The van der Waals surface area contributed by atoms with Crippen molar-refractivity contribution in [2.75, 3.05) is 26.9 Å². The van der Waals surface area contributed by atoms with Crippen molar-refractivity contribution < 1.29 is 33.2 Å². The maximum atomic E-state index is 6.65. The second-order valence-electron chi connectivity index (χ2n) is 12.3. The first-order valence-corrected chi connectivity index (χ1v) is 13.5. The molecule has 7 nitrogen and oxygen atoms in total. The summed E-state index contributed by atoms with van der Waals surface area (Å²) in [5.74, 6) is 1.01. The van der Waals surface area contributed by atoms with Gasteiger partial charge < -0.3 is 33.2 Å². The van der Waals surface area contributed by atoms with Crippen LogP contribution in [0.3, 0.4) is 0 Å². The second-order valence-corrected chi connectivity index (χ2v) is 12.3. The van der Waals surface area contributed by atoms with E-state index in [4.69, 9.17) is 33.2 Å². The molecule has 0 aromatic heterocycles. The highest BCUT2D eigenvalue weighted by Gasteiger charge is 2.57. The normalized spacial score (nSPS) is 56.1. The maximum absolute atomic E-state index is 6.65. The van der Waals surface area contributed by atoms with Crippen molar-refractivity contribution in [2.24, 2.45) is 22.7 Å². The quantitative estimate of drug-likeness (QED) is 0.455. The molecule has 190 valence electrons. The van der Waals surface area contributed by atoms with Crippen molar-refractivity contribution in [3.8, 4) is 0 Å². The molecule has 0 spiro atoms. The number of rotatable bonds is 3. The largest absolute Gasteiger partial charge is 0.378 e. The molecular formula is C27H40O7. The highest BCUT2D eigenvalue weighted by Crippen LogP contribution is 2.57. The zero-order valence-corrected chi connectivity index (χ0v) is 20.8. The van der Waals surface area contributed by atoms with Gasteiger partial charge in [-0.25, -0.2) is 0 Å². The minimum absolute atomic E-state index is 0.0762.